The molecule has 0 saturated heterocycles. The maximum absolute atomic E-state index is 9.38. The van der Waals surface area contributed by atoms with Crippen LogP contribution in [-0.4, -0.2) is 12.1 Å². The van der Waals surface area contributed by atoms with Crippen LogP contribution in [0.2, 0.25) is 0 Å². The Morgan fingerprint density at radius 2 is 2.42 bits per heavy atom. The fourth-order valence-corrected chi connectivity index (χ4v) is 1.65. The Kier molecular flexibility index (Phi) is 1.91. The molecule has 0 atom stereocenters. The number of hydrogen-bond acceptors (Lipinski definition) is 2. The van der Waals surface area contributed by atoms with E-state index in [2.05, 4.69) is 13.0 Å². The van der Waals surface area contributed by atoms with Gasteiger partial charge < -0.3 is 9.68 Å². The molecule has 0 radical (unpaired) electrons. The molecule has 0 unspecified atom stereocenters. The zero-order chi connectivity index (χ0) is 8.55. The molecule has 0 amide bonds. The predicted octanol–water partition coefficient (Wildman–Crippen LogP) is 0.467. The van der Waals surface area contributed by atoms with E-state index >= 15 is 0 Å². The summed E-state index contributed by atoms with van der Waals surface area (Å²) in [5.74, 6) is 0. The molecule has 0 bridgehead atoms. The minimum atomic E-state index is -0.702. The summed E-state index contributed by atoms with van der Waals surface area (Å²) >= 11 is 0. The quantitative estimate of drug-likeness (QED) is 0.608. The Morgan fingerprint density at radius 1 is 1.58 bits per heavy atom. The number of hydrogen-bond donors (Lipinski definition) is 1. The molecule has 0 aromatic heterocycles. The van der Waals surface area contributed by atoms with Gasteiger partial charge in [0, 0.05) is 0 Å². The standard InChI is InChI=1S/C9H11BO2/c1-2-7-4-3-5-9-8(7)6-12-10(9)11/h3-5,11H,2,6H2,1H3. The van der Waals surface area contributed by atoms with Crippen molar-refractivity contribution in [3.63, 3.8) is 0 Å². The number of rotatable bonds is 1. The van der Waals surface area contributed by atoms with Crippen molar-refractivity contribution in [1.82, 2.24) is 0 Å². The van der Waals surface area contributed by atoms with Crippen molar-refractivity contribution >= 4 is 12.6 Å². The Morgan fingerprint density at radius 3 is 3.17 bits per heavy atom. The van der Waals surface area contributed by atoms with E-state index in [9.17, 15) is 5.02 Å². The zero-order valence-electron chi connectivity index (χ0n) is 7.08. The molecule has 1 aromatic rings. The lowest BCUT2D eigenvalue weighted by atomic mass is 9.78. The van der Waals surface area contributed by atoms with Crippen molar-refractivity contribution in [3.8, 4) is 0 Å². The van der Waals surface area contributed by atoms with Crippen LogP contribution in [0.3, 0.4) is 0 Å². The van der Waals surface area contributed by atoms with E-state index in [4.69, 9.17) is 4.65 Å². The monoisotopic (exact) mass is 162 g/mol. The summed E-state index contributed by atoms with van der Waals surface area (Å²) in [4.78, 5) is 0. The van der Waals surface area contributed by atoms with Crippen LogP contribution in [0.4, 0.5) is 0 Å². The van der Waals surface area contributed by atoms with Gasteiger partial charge >= 0.3 is 7.12 Å². The minimum Gasteiger partial charge on any atom is -0.423 e. The summed E-state index contributed by atoms with van der Waals surface area (Å²) in [6.45, 7) is 2.67. The maximum atomic E-state index is 9.38. The predicted molar refractivity (Wildman–Crippen MR) is 48.2 cm³/mol. The smallest absolute Gasteiger partial charge is 0.423 e. The third-order valence-electron chi connectivity index (χ3n) is 2.34. The molecule has 0 fully saturated rings. The summed E-state index contributed by atoms with van der Waals surface area (Å²) < 4.78 is 5.12. The van der Waals surface area contributed by atoms with Gasteiger partial charge in [0.2, 0.25) is 0 Å². The molecule has 0 saturated carbocycles. The molecule has 0 aliphatic carbocycles. The molecule has 0 spiro atoms. The highest BCUT2D eigenvalue weighted by Crippen LogP contribution is 2.14. The average molecular weight is 162 g/mol. The van der Waals surface area contributed by atoms with Crippen LogP contribution in [-0.2, 0) is 17.7 Å². The van der Waals surface area contributed by atoms with Crippen molar-refractivity contribution in [2.75, 3.05) is 0 Å². The molecule has 3 heteroatoms. The van der Waals surface area contributed by atoms with Crippen molar-refractivity contribution in [2.24, 2.45) is 0 Å². The summed E-state index contributed by atoms with van der Waals surface area (Å²) in [6.07, 6.45) is 0.999. The summed E-state index contributed by atoms with van der Waals surface area (Å²) in [6, 6.07) is 5.97. The van der Waals surface area contributed by atoms with E-state index in [1.807, 2.05) is 12.1 Å². The fourth-order valence-electron chi connectivity index (χ4n) is 1.65. The van der Waals surface area contributed by atoms with Crippen molar-refractivity contribution in [3.05, 3.63) is 29.3 Å². The van der Waals surface area contributed by atoms with Gasteiger partial charge in [0.05, 0.1) is 6.61 Å². The second-order valence-electron chi connectivity index (χ2n) is 3.00. The largest absolute Gasteiger partial charge is 0.491 e. The summed E-state index contributed by atoms with van der Waals surface area (Å²) in [5, 5.41) is 9.38. The summed E-state index contributed by atoms with van der Waals surface area (Å²) in [5.41, 5.74) is 3.39. The van der Waals surface area contributed by atoms with Crippen LogP contribution in [0.1, 0.15) is 18.1 Å². The first-order valence-electron chi connectivity index (χ1n) is 4.23. The minimum absolute atomic E-state index is 0.556. The normalized spacial score (nSPS) is 15.0. The average Bonchev–Trinajstić information content (AvgIpc) is 2.48. The van der Waals surface area contributed by atoms with Crippen molar-refractivity contribution < 1.29 is 9.68 Å². The van der Waals surface area contributed by atoms with Gasteiger partial charge in [0.25, 0.3) is 0 Å². The zero-order valence-corrected chi connectivity index (χ0v) is 7.08. The first kappa shape index (κ1) is 7.83. The first-order chi connectivity index (χ1) is 5.83. The van der Waals surface area contributed by atoms with E-state index in [0.29, 0.717) is 6.61 Å². The van der Waals surface area contributed by atoms with Gasteiger partial charge in [-0.2, -0.15) is 0 Å². The van der Waals surface area contributed by atoms with Gasteiger partial charge in [0.1, 0.15) is 0 Å². The third kappa shape index (κ3) is 1.06. The molecule has 62 valence electrons. The molecular formula is C9H11BO2. The van der Waals surface area contributed by atoms with Crippen LogP contribution < -0.4 is 5.46 Å². The lowest BCUT2D eigenvalue weighted by Crippen LogP contribution is -2.28. The second-order valence-corrected chi connectivity index (χ2v) is 3.00. The molecule has 1 aromatic carbocycles. The van der Waals surface area contributed by atoms with Gasteiger partial charge in [-0.05, 0) is 23.0 Å². The third-order valence-corrected chi connectivity index (χ3v) is 2.34. The highest BCUT2D eigenvalue weighted by Gasteiger charge is 2.27. The van der Waals surface area contributed by atoms with E-state index < -0.39 is 7.12 Å². The van der Waals surface area contributed by atoms with E-state index in [1.165, 1.54) is 11.1 Å². The van der Waals surface area contributed by atoms with Gasteiger partial charge in [-0.25, -0.2) is 0 Å². The number of benzene rings is 1. The highest BCUT2D eigenvalue weighted by atomic mass is 16.5. The van der Waals surface area contributed by atoms with Crippen molar-refractivity contribution in [2.45, 2.75) is 20.0 Å². The van der Waals surface area contributed by atoms with E-state index in [0.717, 1.165) is 11.9 Å². The molecule has 1 heterocycles. The van der Waals surface area contributed by atoms with Crippen LogP contribution in [0.25, 0.3) is 0 Å². The Hall–Kier alpha value is -0.795. The lowest BCUT2D eigenvalue weighted by molar-refractivity contribution is 0.275. The summed E-state index contributed by atoms with van der Waals surface area (Å²) in [7, 11) is -0.702. The highest BCUT2D eigenvalue weighted by molar-refractivity contribution is 6.61. The molecule has 1 aliphatic heterocycles. The Labute approximate surface area is 72.3 Å². The van der Waals surface area contributed by atoms with Crippen LogP contribution >= 0.6 is 0 Å². The van der Waals surface area contributed by atoms with Gasteiger partial charge in [0.15, 0.2) is 0 Å². The second kappa shape index (κ2) is 2.92. The first-order valence-corrected chi connectivity index (χ1v) is 4.23. The number of aryl methyl sites for hydroxylation is 1. The topological polar surface area (TPSA) is 29.5 Å². The van der Waals surface area contributed by atoms with Crippen molar-refractivity contribution in [1.29, 1.82) is 0 Å². The molecule has 2 nitrogen and oxygen atoms in total. The SMILES string of the molecule is CCc1cccc2c1COB2O. The number of fused-ring (bicyclic) bond motifs is 1. The van der Waals surface area contributed by atoms with Crippen LogP contribution in [0, 0.1) is 0 Å². The lowest BCUT2D eigenvalue weighted by Gasteiger charge is -2.03. The fraction of sp³-hybridized carbons (Fsp3) is 0.333. The van der Waals surface area contributed by atoms with E-state index in [-0.39, 0.29) is 0 Å². The van der Waals surface area contributed by atoms with E-state index in [1.54, 1.807) is 0 Å². The van der Waals surface area contributed by atoms with Crippen LogP contribution in [0.15, 0.2) is 18.2 Å². The molecule has 2 rings (SSSR count). The maximum Gasteiger partial charge on any atom is 0.491 e. The van der Waals surface area contributed by atoms with Gasteiger partial charge in [-0.1, -0.05) is 25.1 Å². The molecule has 1 aliphatic rings. The van der Waals surface area contributed by atoms with Gasteiger partial charge in [-0.15, -0.1) is 0 Å². The molecular weight excluding hydrogens is 151 g/mol. The molecule has 12 heavy (non-hydrogen) atoms. The van der Waals surface area contributed by atoms with Crippen LogP contribution in [0.5, 0.6) is 0 Å². The molecule has 1 N–H and O–H groups in total. The Bertz CT molecular complexity index is 299. The van der Waals surface area contributed by atoms with Gasteiger partial charge in [-0.3, -0.25) is 0 Å². The Balaban J connectivity index is 2.50.